The Morgan fingerprint density at radius 3 is 2.41 bits per heavy atom. The molecule has 5 N–H and O–H groups in total. The van der Waals surface area contributed by atoms with Crippen LogP contribution in [0, 0.1) is 5.92 Å². The van der Waals surface area contributed by atoms with Gasteiger partial charge in [-0.25, -0.2) is 14.4 Å². The predicted octanol–water partition coefficient (Wildman–Crippen LogP) is 5.36. The highest BCUT2D eigenvalue weighted by Gasteiger charge is 2.34. The number of aliphatic hydroxyl groups is 2. The number of amides is 1. The van der Waals surface area contributed by atoms with Crippen LogP contribution in [0.25, 0.3) is 0 Å². The minimum atomic E-state index is -1.41. The Hall–Kier alpha value is -3.73. The second-order valence-electron chi connectivity index (χ2n) is 10.4. The Bertz CT molecular complexity index is 1200. The quantitative estimate of drug-likeness (QED) is 0.0670. The Labute approximate surface area is 263 Å². The van der Waals surface area contributed by atoms with E-state index in [4.69, 9.17) is 31.9 Å². The SMILES string of the molecule is CC/C=C/[C@H](CCCC(=O)CC[C@H](C)/C(Cl)=C/C=C/C=C(C)/C=C/C=C/C(=O)OC1C=C(C(=O)O)CC(O)C1O)OC(N)=O. The molecule has 0 aromatic heterocycles. The van der Waals surface area contributed by atoms with Gasteiger partial charge in [-0.1, -0.05) is 73.6 Å². The number of primary amides is 1. The molecule has 0 aliphatic heterocycles. The number of aliphatic carboxylic acids is 1. The van der Waals surface area contributed by atoms with Gasteiger partial charge in [0.15, 0.2) is 0 Å². The van der Waals surface area contributed by atoms with Crippen molar-refractivity contribution in [3.63, 3.8) is 0 Å². The van der Waals surface area contributed by atoms with Crippen molar-refractivity contribution in [2.75, 3.05) is 0 Å². The first-order valence-corrected chi connectivity index (χ1v) is 14.9. The van der Waals surface area contributed by atoms with E-state index in [0.717, 1.165) is 24.1 Å². The fraction of sp³-hybridized carbons (Fsp3) is 0.455. The lowest BCUT2D eigenvalue weighted by molar-refractivity contribution is -0.151. The molecule has 1 amide bonds. The standard InChI is InChI=1S/C33H44ClNO9/c1-4-5-14-26(43-33(35)42)15-10-13-25(36)19-18-23(3)27(34)16-8-6-11-22(2)12-7-9-17-30(38)44-29-21-24(32(40)41)20-28(37)31(29)39/h5-9,11-12,14,16-17,21,23,26,28-29,31,37,39H,4,10,13,15,18-20H2,1-3H3,(H2,35,42)(H,40,41)/b8-6+,12-7+,14-5+,17-9+,22-11+,27-16-/t23-,26+,28?,29?,31?/m0/s1. The van der Waals surface area contributed by atoms with Crippen molar-refractivity contribution in [2.45, 2.75) is 90.1 Å². The van der Waals surface area contributed by atoms with Crippen LogP contribution in [0.15, 0.2) is 83.0 Å². The number of carbonyl (C=O) groups is 4. The van der Waals surface area contributed by atoms with Gasteiger partial charge in [0.25, 0.3) is 0 Å². The number of allylic oxidation sites excluding steroid dienone is 10. The zero-order chi connectivity index (χ0) is 33.1. The van der Waals surface area contributed by atoms with E-state index in [2.05, 4.69) is 0 Å². The van der Waals surface area contributed by atoms with E-state index in [1.54, 1.807) is 36.5 Å². The highest BCUT2D eigenvalue weighted by atomic mass is 35.5. The molecule has 242 valence electrons. The zero-order valence-corrected chi connectivity index (χ0v) is 26.2. The number of esters is 1. The third kappa shape index (κ3) is 16.2. The molecule has 0 heterocycles. The molecule has 44 heavy (non-hydrogen) atoms. The molecule has 0 saturated carbocycles. The third-order valence-electron chi connectivity index (χ3n) is 6.61. The van der Waals surface area contributed by atoms with E-state index in [1.807, 2.05) is 32.9 Å². The van der Waals surface area contributed by atoms with Gasteiger partial charge in [0.2, 0.25) is 0 Å². The maximum atomic E-state index is 12.3. The first-order valence-electron chi connectivity index (χ1n) is 14.5. The number of ketones is 1. The van der Waals surface area contributed by atoms with Crippen LogP contribution in [0.4, 0.5) is 4.79 Å². The van der Waals surface area contributed by atoms with E-state index in [9.17, 15) is 29.4 Å². The number of ether oxygens (including phenoxy) is 2. The summed E-state index contributed by atoms with van der Waals surface area (Å²) in [7, 11) is 0. The molecule has 1 aliphatic rings. The molecule has 0 spiro atoms. The third-order valence-corrected chi connectivity index (χ3v) is 7.10. The second-order valence-corrected chi connectivity index (χ2v) is 10.8. The van der Waals surface area contributed by atoms with Gasteiger partial charge < -0.3 is 30.5 Å². The normalized spacial score (nSPS) is 21.1. The summed E-state index contributed by atoms with van der Waals surface area (Å²) in [5.74, 6) is -1.92. The number of carboxylic acid groups (broad SMARTS) is 1. The second kappa shape index (κ2) is 21.1. The fourth-order valence-corrected chi connectivity index (χ4v) is 4.24. The van der Waals surface area contributed by atoms with Crippen molar-refractivity contribution in [2.24, 2.45) is 11.7 Å². The van der Waals surface area contributed by atoms with Crippen LogP contribution in [-0.4, -0.2) is 63.6 Å². The highest BCUT2D eigenvalue weighted by Crippen LogP contribution is 2.23. The van der Waals surface area contributed by atoms with E-state index >= 15 is 0 Å². The van der Waals surface area contributed by atoms with Gasteiger partial charge in [-0.3, -0.25) is 4.79 Å². The van der Waals surface area contributed by atoms with Crippen molar-refractivity contribution in [1.29, 1.82) is 0 Å². The average Bonchev–Trinajstić information content (AvgIpc) is 2.96. The van der Waals surface area contributed by atoms with Crippen molar-refractivity contribution < 1.29 is 44.0 Å². The molecule has 1 aliphatic carbocycles. The summed E-state index contributed by atoms with van der Waals surface area (Å²) < 4.78 is 10.1. The average molecular weight is 634 g/mol. The number of hydrogen-bond donors (Lipinski definition) is 4. The monoisotopic (exact) mass is 633 g/mol. The summed E-state index contributed by atoms with van der Waals surface area (Å²) in [6.45, 7) is 5.78. The van der Waals surface area contributed by atoms with E-state index in [0.29, 0.717) is 37.1 Å². The molecule has 0 fully saturated rings. The molecule has 11 heteroatoms. The number of rotatable bonds is 18. The topological polar surface area (TPSA) is 173 Å². The van der Waals surface area contributed by atoms with Crippen LogP contribution in [0.2, 0.25) is 0 Å². The van der Waals surface area contributed by atoms with Gasteiger partial charge in [0, 0.05) is 35.9 Å². The van der Waals surface area contributed by atoms with Crippen molar-refractivity contribution in [1.82, 2.24) is 0 Å². The molecule has 3 unspecified atom stereocenters. The van der Waals surface area contributed by atoms with Crippen LogP contribution >= 0.6 is 11.6 Å². The molecule has 0 aromatic carbocycles. The Kier molecular flexibility index (Phi) is 18.3. The van der Waals surface area contributed by atoms with E-state index in [1.165, 1.54) is 6.08 Å². The van der Waals surface area contributed by atoms with Crippen molar-refractivity contribution >= 4 is 35.4 Å². The van der Waals surface area contributed by atoms with E-state index in [-0.39, 0.29) is 23.7 Å². The summed E-state index contributed by atoms with van der Waals surface area (Å²) in [6, 6.07) is 0. The summed E-state index contributed by atoms with van der Waals surface area (Å²) in [6.07, 6.45) is 15.7. The van der Waals surface area contributed by atoms with Crippen LogP contribution < -0.4 is 5.73 Å². The molecule has 5 atom stereocenters. The number of nitrogens with two attached hydrogens (primary N) is 1. The smallest absolute Gasteiger partial charge is 0.405 e. The Morgan fingerprint density at radius 1 is 1.07 bits per heavy atom. The molecule has 0 bridgehead atoms. The first kappa shape index (κ1) is 38.3. The summed E-state index contributed by atoms with van der Waals surface area (Å²) in [5.41, 5.74) is 5.84. The molecule has 10 nitrogen and oxygen atoms in total. The number of carboxylic acids is 1. The summed E-state index contributed by atoms with van der Waals surface area (Å²) >= 11 is 6.40. The van der Waals surface area contributed by atoms with Crippen LogP contribution in [0.3, 0.4) is 0 Å². The lowest BCUT2D eigenvalue weighted by atomic mass is 9.92. The van der Waals surface area contributed by atoms with Crippen LogP contribution in [0.5, 0.6) is 0 Å². The summed E-state index contributed by atoms with van der Waals surface area (Å²) in [5, 5.41) is 29.5. The molecular weight excluding hydrogens is 590 g/mol. The lowest BCUT2D eigenvalue weighted by Crippen LogP contribution is -2.43. The van der Waals surface area contributed by atoms with Gasteiger partial charge >= 0.3 is 18.0 Å². The first-order chi connectivity index (χ1) is 20.8. The molecule has 0 saturated heterocycles. The van der Waals surface area contributed by atoms with Crippen molar-refractivity contribution in [3.8, 4) is 0 Å². The zero-order valence-electron chi connectivity index (χ0n) is 25.4. The summed E-state index contributed by atoms with van der Waals surface area (Å²) in [4.78, 5) is 46.5. The highest BCUT2D eigenvalue weighted by molar-refractivity contribution is 6.29. The molecular formula is C33H44ClNO9. The van der Waals surface area contributed by atoms with Crippen LogP contribution in [-0.2, 0) is 23.9 Å². The number of halogens is 1. The number of carbonyl (C=O) groups excluding carboxylic acids is 3. The van der Waals surface area contributed by atoms with Gasteiger partial charge in [0.1, 0.15) is 24.1 Å². The minimum absolute atomic E-state index is 0.00255. The largest absolute Gasteiger partial charge is 0.478 e. The van der Waals surface area contributed by atoms with Gasteiger partial charge in [-0.15, -0.1) is 0 Å². The lowest BCUT2D eigenvalue weighted by Gasteiger charge is -2.28. The van der Waals surface area contributed by atoms with E-state index < -0.39 is 42.4 Å². The molecule has 0 radical (unpaired) electrons. The maximum Gasteiger partial charge on any atom is 0.405 e. The predicted molar refractivity (Wildman–Crippen MR) is 168 cm³/mol. The maximum absolute atomic E-state index is 12.3. The van der Waals surface area contributed by atoms with Crippen molar-refractivity contribution in [3.05, 3.63) is 83.0 Å². The molecule has 1 rings (SSSR count). The van der Waals surface area contributed by atoms with Gasteiger partial charge in [0.05, 0.1) is 6.10 Å². The van der Waals surface area contributed by atoms with Gasteiger partial charge in [-0.05, 0) is 56.8 Å². The fourth-order valence-electron chi connectivity index (χ4n) is 4.05. The Balaban J connectivity index is 2.47. The van der Waals surface area contributed by atoms with Gasteiger partial charge in [-0.2, -0.15) is 0 Å². The Morgan fingerprint density at radius 2 is 1.75 bits per heavy atom. The minimum Gasteiger partial charge on any atom is -0.478 e. The number of aliphatic hydroxyl groups excluding tert-OH is 2. The number of hydrogen-bond acceptors (Lipinski definition) is 8. The van der Waals surface area contributed by atoms with Crippen LogP contribution in [0.1, 0.15) is 65.7 Å². The number of Topliss-reactive ketones (excluding diaryl/α,β-unsaturated/α-hetero) is 1. The molecule has 0 aromatic rings.